The van der Waals surface area contributed by atoms with Crippen LogP contribution in [0.5, 0.6) is 5.75 Å². The Labute approximate surface area is 82.9 Å². The molecule has 0 saturated carbocycles. The number of ether oxygens (including phenoxy) is 1. The standard InChI is InChI=1S/C10H11NOS/c1-2-8-7-5-3-4-6-9(7)12-10(13)11-8/h3-6,8H,2H2,1H3,(H,11,13). The summed E-state index contributed by atoms with van der Waals surface area (Å²) in [6, 6.07) is 8.29. The minimum Gasteiger partial charge on any atom is -0.432 e. The highest BCUT2D eigenvalue weighted by Gasteiger charge is 2.21. The van der Waals surface area contributed by atoms with Gasteiger partial charge in [-0.05, 0) is 24.7 Å². The number of thiocarbonyl (C=S) groups is 1. The maximum atomic E-state index is 5.38. The van der Waals surface area contributed by atoms with Crippen LogP contribution in [0.2, 0.25) is 0 Å². The van der Waals surface area contributed by atoms with Gasteiger partial charge in [0.05, 0.1) is 6.04 Å². The van der Waals surface area contributed by atoms with Crippen LogP contribution in [-0.4, -0.2) is 5.17 Å². The summed E-state index contributed by atoms with van der Waals surface area (Å²) < 4.78 is 5.38. The maximum Gasteiger partial charge on any atom is 0.262 e. The van der Waals surface area contributed by atoms with Gasteiger partial charge in [0.2, 0.25) is 0 Å². The van der Waals surface area contributed by atoms with E-state index in [0.717, 1.165) is 12.2 Å². The van der Waals surface area contributed by atoms with Crippen LogP contribution in [0.15, 0.2) is 24.3 Å². The van der Waals surface area contributed by atoms with Gasteiger partial charge in [0.1, 0.15) is 5.75 Å². The molecule has 1 aromatic carbocycles. The first-order chi connectivity index (χ1) is 6.31. The quantitative estimate of drug-likeness (QED) is 0.692. The van der Waals surface area contributed by atoms with E-state index in [1.54, 1.807) is 0 Å². The van der Waals surface area contributed by atoms with Gasteiger partial charge < -0.3 is 10.1 Å². The van der Waals surface area contributed by atoms with Gasteiger partial charge in [-0.1, -0.05) is 25.1 Å². The van der Waals surface area contributed by atoms with Crippen LogP contribution in [0.4, 0.5) is 0 Å². The second-order valence-electron chi connectivity index (χ2n) is 3.03. The summed E-state index contributed by atoms with van der Waals surface area (Å²) in [6.07, 6.45) is 1.01. The lowest BCUT2D eigenvalue weighted by Crippen LogP contribution is -2.35. The fourth-order valence-electron chi connectivity index (χ4n) is 1.53. The number of rotatable bonds is 1. The number of benzene rings is 1. The first-order valence-corrected chi connectivity index (χ1v) is 4.79. The summed E-state index contributed by atoms with van der Waals surface area (Å²) in [5, 5.41) is 3.61. The molecule has 0 amide bonds. The van der Waals surface area contributed by atoms with Crippen molar-refractivity contribution in [3.63, 3.8) is 0 Å². The van der Waals surface area contributed by atoms with Crippen LogP contribution in [0, 0.1) is 0 Å². The van der Waals surface area contributed by atoms with Crippen molar-refractivity contribution in [1.82, 2.24) is 5.32 Å². The molecule has 0 fully saturated rings. The summed E-state index contributed by atoms with van der Waals surface area (Å²) in [5.74, 6) is 0.887. The van der Waals surface area contributed by atoms with Crippen LogP contribution in [0.3, 0.4) is 0 Å². The summed E-state index contributed by atoms with van der Waals surface area (Å²) in [7, 11) is 0. The van der Waals surface area contributed by atoms with Crippen molar-refractivity contribution >= 4 is 17.4 Å². The highest BCUT2D eigenvalue weighted by molar-refractivity contribution is 7.80. The van der Waals surface area contributed by atoms with Gasteiger partial charge in [-0.3, -0.25) is 0 Å². The normalized spacial score (nSPS) is 20.1. The summed E-state index contributed by atoms with van der Waals surface area (Å²) in [5.41, 5.74) is 1.19. The lowest BCUT2D eigenvalue weighted by molar-refractivity contribution is 0.447. The highest BCUT2D eigenvalue weighted by Crippen LogP contribution is 2.30. The zero-order valence-corrected chi connectivity index (χ0v) is 8.23. The number of hydrogen-bond acceptors (Lipinski definition) is 2. The van der Waals surface area contributed by atoms with Crippen molar-refractivity contribution in [3.8, 4) is 5.75 Å². The molecule has 0 spiro atoms. The number of para-hydroxylation sites is 1. The molecule has 13 heavy (non-hydrogen) atoms. The Kier molecular flexibility index (Phi) is 2.19. The lowest BCUT2D eigenvalue weighted by atomic mass is 10.0. The van der Waals surface area contributed by atoms with Crippen molar-refractivity contribution in [2.75, 3.05) is 0 Å². The molecule has 0 bridgehead atoms. The average molecular weight is 193 g/mol. The summed E-state index contributed by atoms with van der Waals surface area (Å²) in [4.78, 5) is 0. The smallest absolute Gasteiger partial charge is 0.262 e. The largest absolute Gasteiger partial charge is 0.432 e. The van der Waals surface area contributed by atoms with E-state index < -0.39 is 0 Å². The molecule has 1 atom stereocenters. The van der Waals surface area contributed by atoms with E-state index in [1.165, 1.54) is 5.56 Å². The van der Waals surface area contributed by atoms with Gasteiger partial charge in [0, 0.05) is 5.56 Å². The van der Waals surface area contributed by atoms with E-state index in [1.807, 2.05) is 18.2 Å². The summed E-state index contributed by atoms with van der Waals surface area (Å²) >= 11 is 4.99. The molecule has 1 aliphatic heterocycles. The van der Waals surface area contributed by atoms with Gasteiger partial charge in [-0.25, -0.2) is 0 Å². The molecule has 1 unspecified atom stereocenters. The van der Waals surface area contributed by atoms with Crippen molar-refractivity contribution in [2.45, 2.75) is 19.4 Å². The molecular weight excluding hydrogens is 182 g/mol. The molecule has 0 radical (unpaired) electrons. The Morgan fingerprint density at radius 2 is 2.23 bits per heavy atom. The van der Waals surface area contributed by atoms with Gasteiger partial charge in [-0.15, -0.1) is 0 Å². The van der Waals surface area contributed by atoms with Crippen molar-refractivity contribution < 1.29 is 4.74 Å². The van der Waals surface area contributed by atoms with E-state index in [-0.39, 0.29) is 0 Å². The molecule has 0 saturated heterocycles. The molecule has 1 N–H and O–H groups in total. The molecule has 1 aromatic rings. The fourth-order valence-corrected chi connectivity index (χ4v) is 1.76. The predicted molar refractivity (Wildman–Crippen MR) is 55.8 cm³/mol. The third-order valence-electron chi connectivity index (χ3n) is 2.20. The highest BCUT2D eigenvalue weighted by atomic mass is 32.1. The van der Waals surface area contributed by atoms with E-state index in [0.29, 0.717) is 11.2 Å². The average Bonchev–Trinajstić information content (AvgIpc) is 2.16. The fraction of sp³-hybridized carbons (Fsp3) is 0.300. The van der Waals surface area contributed by atoms with Gasteiger partial charge in [-0.2, -0.15) is 0 Å². The first kappa shape index (κ1) is 8.51. The molecule has 0 aromatic heterocycles. The SMILES string of the molecule is CCC1NC(=S)Oc2ccccc21. The third-order valence-corrected chi connectivity index (χ3v) is 2.40. The second-order valence-corrected chi connectivity index (χ2v) is 3.40. The van der Waals surface area contributed by atoms with Crippen molar-refractivity contribution in [1.29, 1.82) is 0 Å². The molecule has 1 heterocycles. The monoisotopic (exact) mass is 193 g/mol. The second kappa shape index (κ2) is 3.34. The number of fused-ring (bicyclic) bond motifs is 1. The molecule has 3 heteroatoms. The zero-order chi connectivity index (χ0) is 9.26. The van der Waals surface area contributed by atoms with Crippen LogP contribution in [-0.2, 0) is 0 Å². The van der Waals surface area contributed by atoms with E-state index in [9.17, 15) is 0 Å². The minimum atomic E-state index is 0.303. The Bertz CT molecular complexity index is 337. The summed E-state index contributed by atoms with van der Waals surface area (Å²) in [6.45, 7) is 2.13. The van der Waals surface area contributed by atoms with E-state index >= 15 is 0 Å². The Hall–Kier alpha value is -1.09. The van der Waals surface area contributed by atoms with Crippen molar-refractivity contribution in [3.05, 3.63) is 29.8 Å². The van der Waals surface area contributed by atoms with E-state index in [4.69, 9.17) is 17.0 Å². The molecule has 2 nitrogen and oxygen atoms in total. The van der Waals surface area contributed by atoms with Gasteiger partial charge in [0.25, 0.3) is 5.17 Å². The van der Waals surface area contributed by atoms with Crippen LogP contribution < -0.4 is 10.1 Å². The predicted octanol–water partition coefficient (Wildman–Crippen LogP) is 2.40. The van der Waals surface area contributed by atoms with Crippen LogP contribution in [0.25, 0.3) is 0 Å². The minimum absolute atomic E-state index is 0.303. The molecule has 0 aliphatic carbocycles. The van der Waals surface area contributed by atoms with Gasteiger partial charge in [0.15, 0.2) is 0 Å². The maximum absolute atomic E-state index is 5.38. The van der Waals surface area contributed by atoms with Gasteiger partial charge >= 0.3 is 0 Å². The first-order valence-electron chi connectivity index (χ1n) is 4.38. The third kappa shape index (κ3) is 1.52. The number of nitrogens with one attached hydrogen (secondary N) is 1. The number of hydrogen-bond donors (Lipinski definition) is 1. The Morgan fingerprint density at radius 3 is 3.00 bits per heavy atom. The molecule has 68 valence electrons. The molecular formula is C10H11NOS. The topological polar surface area (TPSA) is 21.3 Å². The van der Waals surface area contributed by atoms with E-state index in [2.05, 4.69) is 18.3 Å². The van der Waals surface area contributed by atoms with Crippen LogP contribution >= 0.6 is 12.2 Å². The van der Waals surface area contributed by atoms with Crippen LogP contribution in [0.1, 0.15) is 24.9 Å². The van der Waals surface area contributed by atoms with Crippen molar-refractivity contribution in [2.24, 2.45) is 0 Å². The molecule has 2 rings (SSSR count). The Morgan fingerprint density at radius 1 is 1.46 bits per heavy atom. The molecule has 1 aliphatic rings. The lowest BCUT2D eigenvalue weighted by Gasteiger charge is -2.26. The Balaban J connectivity index is 2.42. The zero-order valence-electron chi connectivity index (χ0n) is 7.41.